The average Bonchev–Trinajstić information content (AvgIpc) is 2.97. The van der Waals surface area contributed by atoms with Crippen LogP contribution >= 0.6 is 23.2 Å². The Hall–Kier alpha value is -0.350. The van der Waals surface area contributed by atoms with Gasteiger partial charge in [0.05, 0.1) is 0 Å². The SMILES string of the molecule is Clc1ccc([C@H](C2CCCC2)N2CCNCC2)c(Cl)n1. The fourth-order valence-electron chi connectivity index (χ4n) is 3.63. The second-order valence-corrected chi connectivity index (χ2v) is 6.53. The van der Waals surface area contributed by atoms with E-state index in [4.69, 9.17) is 23.2 Å². The van der Waals surface area contributed by atoms with Gasteiger partial charge in [0.1, 0.15) is 10.3 Å². The van der Waals surface area contributed by atoms with E-state index in [2.05, 4.69) is 21.3 Å². The van der Waals surface area contributed by atoms with Crippen molar-refractivity contribution < 1.29 is 0 Å². The molecule has 1 saturated heterocycles. The van der Waals surface area contributed by atoms with Crippen LogP contribution < -0.4 is 5.32 Å². The zero-order chi connectivity index (χ0) is 13.9. The first-order valence-electron chi connectivity index (χ1n) is 7.52. The molecule has 0 aromatic carbocycles. The summed E-state index contributed by atoms with van der Waals surface area (Å²) in [4.78, 5) is 6.82. The van der Waals surface area contributed by atoms with Gasteiger partial charge in [-0.05, 0) is 24.8 Å². The normalized spacial score (nSPS) is 23.1. The van der Waals surface area contributed by atoms with Crippen LogP contribution in [0.2, 0.25) is 10.3 Å². The Labute approximate surface area is 130 Å². The molecular formula is C15H21Cl2N3. The molecule has 2 aliphatic rings. The first-order valence-corrected chi connectivity index (χ1v) is 8.28. The molecular weight excluding hydrogens is 293 g/mol. The standard InChI is InChI=1S/C15H21Cl2N3/c16-13-6-5-12(15(17)19-13)14(11-3-1-2-4-11)20-9-7-18-8-10-20/h5-6,11,14,18H,1-4,7-10H2/t14-/m0/s1. The molecule has 0 amide bonds. The van der Waals surface area contributed by atoms with Crippen LogP contribution in [0.15, 0.2) is 12.1 Å². The lowest BCUT2D eigenvalue weighted by Crippen LogP contribution is -2.46. The summed E-state index contributed by atoms with van der Waals surface area (Å²) < 4.78 is 0. The van der Waals surface area contributed by atoms with Crippen molar-refractivity contribution in [1.29, 1.82) is 0 Å². The van der Waals surface area contributed by atoms with E-state index >= 15 is 0 Å². The quantitative estimate of drug-likeness (QED) is 0.865. The number of aromatic nitrogens is 1. The van der Waals surface area contributed by atoms with Gasteiger partial charge >= 0.3 is 0 Å². The summed E-state index contributed by atoms with van der Waals surface area (Å²) in [6.45, 7) is 4.28. The highest BCUT2D eigenvalue weighted by Gasteiger charge is 2.33. The fourth-order valence-corrected chi connectivity index (χ4v) is 4.08. The second-order valence-electron chi connectivity index (χ2n) is 5.79. The number of pyridine rings is 1. The maximum atomic E-state index is 6.38. The van der Waals surface area contributed by atoms with Crippen LogP contribution in [0.4, 0.5) is 0 Å². The van der Waals surface area contributed by atoms with Crippen molar-refractivity contribution in [2.45, 2.75) is 31.7 Å². The van der Waals surface area contributed by atoms with Crippen molar-refractivity contribution >= 4 is 23.2 Å². The maximum absolute atomic E-state index is 6.38. The summed E-state index contributed by atoms with van der Waals surface area (Å²) in [7, 11) is 0. The Morgan fingerprint density at radius 2 is 1.85 bits per heavy atom. The molecule has 3 nitrogen and oxygen atoms in total. The van der Waals surface area contributed by atoms with Gasteiger partial charge in [-0.25, -0.2) is 4.98 Å². The van der Waals surface area contributed by atoms with E-state index in [1.807, 2.05) is 6.07 Å². The van der Waals surface area contributed by atoms with Gasteiger partial charge in [-0.1, -0.05) is 42.1 Å². The molecule has 1 aliphatic heterocycles. The number of piperazine rings is 1. The van der Waals surface area contributed by atoms with Crippen LogP contribution in [0.25, 0.3) is 0 Å². The molecule has 1 atom stereocenters. The number of nitrogens with zero attached hydrogens (tertiary/aromatic N) is 2. The number of rotatable bonds is 3. The van der Waals surface area contributed by atoms with Crippen molar-refractivity contribution in [3.63, 3.8) is 0 Å². The summed E-state index contributed by atoms with van der Waals surface area (Å²) in [6, 6.07) is 4.34. The summed E-state index contributed by atoms with van der Waals surface area (Å²) >= 11 is 12.3. The lowest BCUT2D eigenvalue weighted by Gasteiger charge is -2.38. The molecule has 2 heterocycles. The van der Waals surface area contributed by atoms with Gasteiger partial charge < -0.3 is 5.32 Å². The minimum absolute atomic E-state index is 0.400. The molecule has 5 heteroatoms. The number of hydrogen-bond donors (Lipinski definition) is 1. The number of hydrogen-bond acceptors (Lipinski definition) is 3. The average molecular weight is 314 g/mol. The molecule has 1 saturated carbocycles. The van der Waals surface area contributed by atoms with Crippen molar-refractivity contribution in [1.82, 2.24) is 15.2 Å². The summed E-state index contributed by atoms with van der Waals surface area (Å²) in [5.41, 5.74) is 1.16. The Kier molecular flexibility index (Phi) is 4.82. The highest BCUT2D eigenvalue weighted by Crippen LogP contribution is 2.41. The molecule has 0 unspecified atom stereocenters. The highest BCUT2D eigenvalue weighted by molar-refractivity contribution is 6.32. The van der Waals surface area contributed by atoms with Crippen LogP contribution in [0.1, 0.15) is 37.3 Å². The smallest absolute Gasteiger partial charge is 0.135 e. The Morgan fingerprint density at radius 3 is 2.50 bits per heavy atom. The lowest BCUT2D eigenvalue weighted by molar-refractivity contribution is 0.125. The molecule has 3 rings (SSSR count). The van der Waals surface area contributed by atoms with E-state index in [-0.39, 0.29) is 0 Å². The minimum atomic E-state index is 0.400. The minimum Gasteiger partial charge on any atom is -0.314 e. The van der Waals surface area contributed by atoms with Gasteiger partial charge in [-0.3, -0.25) is 4.90 Å². The van der Waals surface area contributed by atoms with Gasteiger partial charge in [0.25, 0.3) is 0 Å². The molecule has 2 fully saturated rings. The van der Waals surface area contributed by atoms with Crippen LogP contribution in [0.5, 0.6) is 0 Å². The third-order valence-corrected chi connectivity index (χ3v) is 5.07. The van der Waals surface area contributed by atoms with Gasteiger partial charge in [0.2, 0.25) is 0 Å². The van der Waals surface area contributed by atoms with E-state index in [0.29, 0.717) is 22.3 Å². The lowest BCUT2D eigenvalue weighted by atomic mass is 9.90. The predicted octanol–water partition coefficient (Wildman–Crippen LogP) is 3.52. The molecule has 1 aromatic rings. The van der Waals surface area contributed by atoms with Crippen molar-refractivity contribution in [3.8, 4) is 0 Å². The van der Waals surface area contributed by atoms with E-state index < -0.39 is 0 Å². The van der Waals surface area contributed by atoms with Gasteiger partial charge in [0, 0.05) is 37.8 Å². The first kappa shape index (κ1) is 14.6. The number of nitrogens with one attached hydrogen (secondary N) is 1. The molecule has 20 heavy (non-hydrogen) atoms. The summed E-state index contributed by atoms with van der Waals surface area (Å²) in [5.74, 6) is 0.702. The van der Waals surface area contributed by atoms with E-state index in [9.17, 15) is 0 Å². The molecule has 1 aliphatic carbocycles. The molecule has 0 radical (unpaired) electrons. The van der Waals surface area contributed by atoms with Gasteiger partial charge in [0.15, 0.2) is 0 Å². The van der Waals surface area contributed by atoms with E-state index in [1.54, 1.807) is 0 Å². The summed E-state index contributed by atoms with van der Waals surface area (Å²) in [5, 5.41) is 4.48. The molecule has 110 valence electrons. The maximum Gasteiger partial charge on any atom is 0.135 e. The second kappa shape index (κ2) is 6.61. The van der Waals surface area contributed by atoms with E-state index in [0.717, 1.165) is 31.7 Å². The monoisotopic (exact) mass is 313 g/mol. The van der Waals surface area contributed by atoms with Crippen molar-refractivity contribution in [2.75, 3.05) is 26.2 Å². The molecule has 0 spiro atoms. The fraction of sp³-hybridized carbons (Fsp3) is 0.667. The third kappa shape index (κ3) is 3.11. The molecule has 1 N–H and O–H groups in total. The van der Waals surface area contributed by atoms with Crippen LogP contribution in [-0.4, -0.2) is 36.1 Å². The van der Waals surface area contributed by atoms with Gasteiger partial charge in [-0.2, -0.15) is 0 Å². The van der Waals surface area contributed by atoms with E-state index in [1.165, 1.54) is 25.7 Å². The van der Waals surface area contributed by atoms with Gasteiger partial charge in [-0.15, -0.1) is 0 Å². The largest absolute Gasteiger partial charge is 0.314 e. The van der Waals surface area contributed by atoms with Crippen molar-refractivity contribution in [2.24, 2.45) is 5.92 Å². The third-order valence-electron chi connectivity index (χ3n) is 4.55. The Morgan fingerprint density at radius 1 is 1.15 bits per heavy atom. The molecule has 0 bridgehead atoms. The first-order chi connectivity index (χ1) is 9.75. The van der Waals surface area contributed by atoms with Crippen LogP contribution in [0, 0.1) is 5.92 Å². The Bertz CT molecular complexity index is 454. The topological polar surface area (TPSA) is 28.2 Å². The Balaban J connectivity index is 1.90. The number of halogens is 2. The zero-order valence-corrected chi connectivity index (χ0v) is 13.1. The predicted molar refractivity (Wildman–Crippen MR) is 83.4 cm³/mol. The summed E-state index contributed by atoms with van der Waals surface area (Å²) in [6.07, 6.45) is 5.28. The van der Waals surface area contributed by atoms with Crippen LogP contribution in [-0.2, 0) is 0 Å². The zero-order valence-electron chi connectivity index (χ0n) is 11.6. The highest BCUT2D eigenvalue weighted by atomic mass is 35.5. The molecule has 1 aromatic heterocycles. The van der Waals surface area contributed by atoms with Crippen LogP contribution in [0.3, 0.4) is 0 Å². The van der Waals surface area contributed by atoms with Crippen molar-refractivity contribution in [3.05, 3.63) is 28.0 Å².